The Balaban J connectivity index is 1.57. The van der Waals surface area contributed by atoms with Gasteiger partial charge in [-0.2, -0.15) is 0 Å². The first kappa shape index (κ1) is 12.3. The Morgan fingerprint density at radius 3 is 2.75 bits per heavy atom. The van der Waals surface area contributed by atoms with E-state index >= 15 is 0 Å². The lowest BCUT2D eigenvalue weighted by atomic mass is 10.1. The van der Waals surface area contributed by atoms with Gasteiger partial charge in [0.15, 0.2) is 0 Å². The summed E-state index contributed by atoms with van der Waals surface area (Å²) >= 11 is 0. The molecule has 0 aromatic heterocycles. The fourth-order valence-electron chi connectivity index (χ4n) is 2.62. The summed E-state index contributed by atoms with van der Waals surface area (Å²) in [7, 11) is 4.32. The Morgan fingerprint density at radius 2 is 2.06 bits per heavy atom. The Morgan fingerprint density at radius 1 is 1.25 bits per heavy atom. The molecule has 94 valence electrons. The van der Waals surface area contributed by atoms with E-state index in [1.54, 1.807) is 0 Å². The fourth-order valence-corrected chi connectivity index (χ4v) is 2.62. The van der Waals surface area contributed by atoms with Gasteiger partial charge in [0.2, 0.25) is 0 Å². The second-order valence-corrected chi connectivity index (χ2v) is 5.71. The first-order valence-electron chi connectivity index (χ1n) is 6.86. The number of hydrogen-bond acceptors (Lipinski definition) is 3. The lowest BCUT2D eigenvalue weighted by molar-refractivity contribution is 0.184. The molecule has 1 saturated heterocycles. The van der Waals surface area contributed by atoms with Gasteiger partial charge < -0.3 is 15.1 Å². The molecule has 1 saturated carbocycles. The molecule has 2 aliphatic rings. The molecule has 1 aliphatic heterocycles. The summed E-state index contributed by atoms with van der Waals surface area (Å²) in [5.41, 5.74) is 0. The highest BCUT2D eigenvalue weighted by molar-refractivity contribution is 4.91. The van der Waals surface area contributed by atoms with Crippen molar-refractivity contribution in [2.24, 2.45) is 5.92 Å². The summed E-state index contributed by atoms with van der Waals surface area (Å²) in [4.78, 5) is 4.94. The minimum Gasteiger partial charge on any atom is -0.311 e. The molecule has 1 N–H and O–H groups in total. The predicted molar refractivity (Wildman–Crippen MR) is 68.7 cm³/mol. The maximum absolute atomic E-state index is 3.67. The van der Waals surface area contributed by atoms with Gasteiger partial charge in [-0.05, 0) is 58.8 Å². The average molecular weight is 225 g/mol. The summed E-state index contributed by atoms with van der Waals surface area (Å²) < 4.78 is 0. The second kappa shape index (κ2) is 5.99. The number of rotatable bonds is 6. The molecular weight excluding hydrogens is 198 g/mol. The minimum absolute atomic E-state index is 0.808. The molecule has 1 atom stereocenters. The Labute approximate surface area is 100 Å². The highest BCUT2D eigenvalue weighted by Gasteiger charge is 2.33. The normalized spacial score (nSPS) is 27.6. The third kappa shape index (κ3) is 4.04. The van der Waals surface area contributed by atoms with E-state index in [-0.39, 0.29) is 0 Å². The molecular formula is C13H27N3. The van der Waals surface area contributed by atoms with Crippen molar-refractivity contribution in [3.8, 4) is 0 Å². The zero-order chi connectivity index (χ0) is 11.4. The molecule has 0 radical (unpaired) electrons. The standard InChI is InChI=1S/C13H27N3/c1-15(2)8-3-4-9-16-10-7-14-13(11-16)12-5-6-12/h12-14H,3-11H2,1-2H3. The third-order valence-electron chi connectivity index (χ3n) is 3.81. The van der Waals surface area contributed by atoms with Gasteiger partial charge in [-0.15, -0.1) is 0 Å². The summed E-state index contributed by atoms with van der Waals surface area (Å²) in [5, 5.41) is 3.67. The zero-order valence-electron chi connectivity index (χ0n) is 10.9. The molecule has 16 heavy (non-hydrogen) atoms. The van der Waals surface area contributed by atoms with Crippen LogP contribution in [0.3, 0.4) is 0 Å². The number of piperazine rings is 1. The summed E-state index contributed by atoms with van der Waals surface area (Å²) in [5.74, 6) is 1.00. The lowest BCUT2D eigenvalue weighted by Gasteiger charge is -2.34. The molecule has 0 aromatic carbocycles. The number of nitrogens with one attached hydrogen (secondary N) is 1. The third-order valence-corrected chi connectivity index (χ3v) is 3.81. The van der Waals surface area contributed by atoms with Crippen LogP contribution in [0.2, 0.25) is 0 Å². The van der Waals surface area contributed by atoms with Crippen LogP contribution in [-0.4, -0.2) is 62.7 Å². The van der Waals surface area contributed by atoms with E-state index in [4.69, 9.17) is 0 Å². The van der Waals surface area contributed by atoms with Crippen molar-refractivity contribution in [1.29, 1.82) is 0 Å². The Bertz CT molecular complexity index is 201. The van der Waals surface area contributed by atoms with Crippen LogP contribution in [0, 0.1) is 5.92 Å². The van der Waals surface area contributed by atoms with E-state index < -0.39 is 0 Å². The van der Waals surface area contributed by atoms with Crippen molar-refractivity contribution in [2.45, 2.75) is 31.7 Å². The van der Waals surface area contributed by atoms with Gasteiger partial charge in [0, 0.05) is 25.7 Å². The lowest BCUT2D eigenvalue weighted by Crippen LogP contribution is -2.51. The molecule has 1 aliphatic carbocycles. The maximum Gasteiger partial charge on any atom is 0.0223 e. The highest BCUT2D eigenvalue weighted by atomic mass is 15.2. The van der Waals surface area contributed by atoms with E-state index in [1.165, 1.54) is 58.4 Å². The summed E-state index contributed by atoms with van der Waals surface area (Å²) in [6, 6.07) is 0.808. The largest absolute Gasteiger partial charge is 0.311 e. The van der Waals surface area contributed by atoms with E-state index in [1.807, 2.05) is 0 Å². The highest BCUT2D eigenvalue weighted by Crippen LogP contribution is 2.33. The SMILES string of the molecule is CN(C)CCCCN1CCNC(C2CC2)C1. The zero-order valence-corrected chi connectivity index (χ0v) is 10.9. The Kier molecular flexibility index (Phi) is 4.62. The van der Waals surface area contributed by atoms with Gasteiger partial charge in [-0.1, -0.05) is 0 Å². The number of hydrogen-bond donors (Lipinski definition) is 1. The van der Waals surface area contributed by atoms with Crippen LogP contribution in [0.5, 0.6) is 0 Å². The van der Waals surface area contributed by atoms with Crippen LogP contribution in [0.15, 0.2) is 0 Å². The van der Waals surface area contributed by atoms with Gasteiger partial charge >= 0.3 is 0 Å². The number of unbranched alkanes of at least 4 members (excludes halogenated alkanes) is 1. The van der Waals surface area contributed by atoms with Gasteiger partial charge in [-0.25, -0.2) is 0 Å². The van der Waals surface area contributed by atoms with E-state index in [0.717, 1.165) is 12.0 Å². The quantitative estimate of drug-likeness (QED) is 0.681. The molecule has 1 heterocycles. The maximum atomic E-state index is 3.67. The van der Waals surface area contributed by atoms with Crippen LogP contribution in [0.25, 0.3) is 0 Å². The molecule has 3 nitrogen and oxygen atoms in total. The Hall–Kier alpha value is -0.120. The molecule has 0 aromatic rings. The summed E-state index contributed by atoms with van der Waals surface area (Å²) in [6.45, 7) is 6.30. The molecule has 2 fully saturated rings. The van der Waals surface area contributed by atoms with E-state index in [2.05, 4.69) is 29.2 Å². The van der Waals surface area contributed by atoms with Gasteiger partial charge in [-0.3, -0.25) is 0 Å². The van der Waals surface area contributed by atoms with Crippen molar-refractivity contribution in [3.63, 3.8) is 0 Å². The first-order chi connectivity index (χ1) is 7.75. The fraction of sp³-hybridized carbons (Fsp3) is 1.00. The van der Waals surface area contributed by atoms with Crippen molar-refractivity contribution in [2.75, 3.05) is 46.8 Å². The number of nitrogens with zero attached hydrogens (tertiary/aromatic N) is 2. The molecule has 0 amide bonds. The van der Waals surface area contributed by atoms with Crippen molar-refractivity contribution in [3.05, 3.63) is 0 Å². The molecule has 2 rings (SSSR count). The van der Waals surface area contributed by atoms with Crippen molar-refractivity contribution in [1.82, 2.24) is 15.1 Å². The van der Waals surface area contributed by atoms with Crippen LogP contribution in [-0.2, 0) is 0 Å². The smallest absolute Gasteiger partial charge is 0.0223 e. The van der Waals surface area contributed by atoms with Gasteiger partial charge in [0.05, 0.1) is 0 Å². The van der Waals surface area contributed by atoms with Gasteiger partial charge in [0.1, 0.15) is 0 Å². The van der Waals surface area contributed by atoms with Crippen LogP contribution >= 0.6 is 0 Å². The predicted octanol–water partition coefficient (Wildman–Crippen LogP) is 1.01. The molecule has 0 bridgehead atoms. The van der Waals surface area contributed by atoms with E-state index in [0.29, 0.717) is 0 Å². The van der Waals surface area contributed by atoms with Crippen LogP contribution in [0.1, 0.15) is 25.7 Å². The van der Waals surface area contributed by atoms with Crippen molar-refractivity contribution < 1.29 is 0 Å². The second-order valence-electron chi connectivity index (χ2n) is 5.71. The van der Waals surface area contributed by atoms with Crippen LogP contribution < -0.4 is 5.32 Å². The molecule has 3 heteroatoms. The minimum atomic E-state index is 0.808. The first-order valence-corrected chi connectivity index (χ1v) is 6.86. The monoisotopic (exact) mass is 225 g/mol. The topological polar surface area (TPSA) is 18.5 Å². The van der Waals surface area contributed by atoms with Crippen LogP contribution in [0.4, 0.5) is 0 Å². The van der Waals surface area contributed by atoms with E-state index in [9.17, 15) is 0 Å². The van der Waals surface area contributed by atoms with Crippen molar-refractivity contribution >= 4 is 0 Å². The summed E-state index contributed by atoms with van der Waals surface area (Å²) in [6.07, 6.45) is 5.62. The molecule has 1 unspecified atom stereocenters. The average Bonchev–Trinajstić information content (AvgIpc) is 3.08. The molecule has 0 spiro atoms. The van der Waals surface area contributed by atoms with Gasteiger partial charge in [0.25, 0.3) is 0 Å².